The molecule has 4 aromatic rings. The number of rotatable bonds is 1. The highest BCUT2D eigenvalue weighted by Gasteiger charge is 2.22. The molecule has 0 aliphatic heterocycles. The number of aryl methyl sites for hydroxylation is 1. The third-order valence-electron chi connectivity index (χ3n) is 6.05. The fourth-order valence-corrected chi connectivity index (χ4v) is 4.75. The maximum atomic E-state index is 11.0. The van der Waals surface area contributed by atoms with Crippen LogP contribution in [0.5, 0.6) is 5.75 Å². The number of benzene rings is 4. The van der Waals surface area contributed by atoms with Gasteiger partial charge in [-0.1, -0.05) is 49.6 Å². The van der Waals surface area contributed by atoms with Gasteiger partial charge in [0, 0.05) is 10.8 Å². The number of aromatic hydroxyl groups is 1. The van der Waals surface area contributed by atoms with E-state index in [1.165, 1.54) is 64.6 Å². The van der Waals surface area contributed by atoms with Crippen LogP contribution in [-0.2, 0) is 0 Å². The molecule has 0 unspecified atom stereocenters. The second kappa shape index (κ2) is 5.11. The van der Waals surface area contributed by atoms with Gasteiger partial charge in [-0.05, 0) is 70.5 Å². The Kier molecular flexibility index (Phi) is 3.00. The van der Waals surface area contributed by atoms with Crippen LogP contribution in [0.15, 0.2) is 42.5 Å². The monoisotopic (exact) mass is 314 g/mol. The molecule has 5 rings (SSSR count). The lowest BCUT2D eigenvalue weighted by Gasteiger charge is -2.24. The number of hydrogen-bond donors (Lipinski definition) is 1. The Labute approximate surface area is 142 Å². The summed E-state index contributed by atoms with van der Waals surface area (Å²) in [5.41, 5.74) is 2.46. The van der Waals surface area contributed by atoms with Crippen LogP contribution in [0, 0.1) is 6.92 Å². The third kappa shape index (κ3) is 1.87. The smallest absolute Gasteiger partial charge is 0.126 e. The third-order valence-corrected chi connectivity index (χ3v) is 6.05. The van der Waals surface area contributed by atoms with Gasteiger partial charge in [0.05, 0.1) is 0 Å². The summed E-state index contributed by atoms with van der Waals surface area (Å²) in [5.74, 6) is 1.03. The molecule has 1 aliphatic rings. The molecule has 24 heavy (non-hydrogen) atoms. The number of phenolic OH excluding ortho intramolecular Hbond substituents is 1. The summed E-state index contributed by atoms with van der Waals surface area (Å²) >= 11 is 0. The van der Waals surface area contributed by atoms with E-state index < -0.39 is 0 Å². The SMILES string of the molecule is Cc1ccc2ccc3cc(C4CCCCC4)c(O)c4ccc1c2c34. The Bertz CT molecular complexity index is 1050. The molecule has 1 nitrogen and oxygen atoms in total. The van der Waals surface area contributed by atoms with Crippen LogP contribution >= 0.6 is 0 Å². The van der Waals surface area contributed by atoms with Crippen LogP contribution in [0.25, 0.3) is 32.3 Å². The van der Waals surface area contributed by atoms with Gasteiger partial charge in [0.1, 0.15) is 5.75 Å². The van der Waals surface area contributed by atoms with Gasteiger partial charge in [-0.2, -0.15) is 0 Å². The molecule has 0 radical (unpaired) electrons. The van der Waals surface area contributed by atoms with Gasteiger partial charge < -0.3 is 5.11 Å². The van der Waals surface area contributed by atoms with Crippen molar-refractivity contribution in [3.8, 4) is 5.75 Å². The maximum Gasteiger partial charge on any atom is 0.126 e. The summed E-state index contributed by atoms with van der Waals surface area (Å²) in [4.78, 5) is 0. The van der Waals surface area contributed by atoms with Crippen LogP contribution in [0.1, 0.15) is 49.1 Å². The molecule has 1 N–H and O–H groups in total. The van der Waals surface area contributed by atoms with Crippen molar-refractivity contribution >= 4 is 32.3 Å². The topological polar surface area (TPSA) is 20.2 Å². The highest BCUT2D eigenvalue weighted by Crippen LogP contribution is 2.45. The van der Waals surface area contributed by atoms with E-state index in [-0.39, 0.29) is 0 Å². The average molecular weight is 314 g/mol. The predicted molar refractivity (Wildman–Crippen MR) is 102 cm³/mol. The second-order valence-corrected chi connectivity index (χ2v) is 7.45. The van der Waals surface area contributed by atoms with Crippen molar-refractivity contribution in [3.05, 3.63) is 53.6 Å². The summed E-state index contributed by atoms with van der Waals surface area (Å²) in [6.45, 7) is 2.17. The summed E-state index contributed by atoms with van der Waals surface area (Å²) in [6, 6.07) is 15.4. The quantitative estimate of drug-likeness (QED) is 0.390. The number of hydrogen-bond acceptors (Lipinski definition) is 1. The zero-order chi connectivity index (χ0) is 16.3. The number of phenols is 1. The minimum Gasteiger partial charge on any atom is -0.507 e. The van der Waals surface area contributed by atoms with E-state index in [0.717, 1.165) is 10.9 Å². The first-order chi connectivity index (χ1) is 11.7. The normalized spacial score (nSPS) is 16.5. The lowest BCUT2D eigenvalue weighted by atomic mass is 9.81. The van der Waals surface area contributed by atoms with Crippen LogP contribution in [0.3, 0.4) is 0 Å². The summed E-state index contributed by atoms with van der Waals surface area (Å²) in [5, 5.41) is 18.4. The van der Waals surface area contributed by atoms with Crippen LogP contribution in [0.4, 0.5) is 0 Å². The minimum atomic E-state index is 0.516. The van der Waals surface area contributed by atoms with Crippen molar-refractivity contribution in [3.63, 3.8) is 0 Å². The summed E-state index contributed by atoms with van der Waals surface area (Å²) < 4.78 is 0. The van der Waals surface area contributed by atoms with Gasteiger partial charge >= 0.3 is 0 Å². The van der Waals surface area contributed by atoms with Crippen molar-refractivity contribution in [2.45, 2.75) is 44.9 Å². The standard InChI is InChI=1S/C23H22O/c1-14-7-8-16-9-10-17-13-20(15-5-3-2-4-6-15)23(24)19-12-11-18(14)21(16)22(17)19/h7-13,15,24H,2-6H2,1H3. The molecular weight excluding hydrogens is 292 g/mol. The molecule has 1 saturated carbocycles. The van der Waals surface area contributed by atoms with Crippen molar-refractivity contribution < 1.29 is 5.11 Å². The van der Waals surface area contributed by atoms with Gasteiger partial charge in [0.25, 0.3) is 0 Å². The molecular formula is C23H22O. The first-order valence-electron chi connectivity index (χ1n) is 9.14. The van der Waals surface area contributed by atoms with Crippen LogP contribution in [-0.4, -0.2) is 5.11 Å². The molecule has 0 heterocycles. The fraction of sp³-hybridized carbons (Fsp3) is 0.304. The first kappa shape index (κ1) is 14.1. The van der Waals surface area contributed by atoms with E-state index in [0.29, 0.717) is 11.7 Å². The predicted octanol–water partition coefficient (Wildman–Crippen LogP) is 6.65. The van der Waals surface area contributed by atoms with E-state index in [9.17, 15) is 5.11 Å². The molecule has 0 aromatic heterocycles. The molecule has 120 valence electrons. The minimum absolute atomic E-state index is 0.516. The molecule has 1 heteroatoms. The van der Waals surface area contributed by atoms with E-state index in [1.807, 2.05) is 0 Å². The molecule has 0 bridgehead atoms. The largest absolute Gasteiger partial charge is 0.507 e. The van der Waals surface area contributed by atoms with Crippen LogP contribution in [0.2, 0.25) is 0 Å². The molecule has 4 aromatic carbocycles. The molecule has 1 aliphatic carbocycles. The molecule has 0 amide bonds. The van der Waals surface area contributed by atoms with E-state index in [4.69, 9.17) is 0 Å². The summed E-state index contributed by atoms with van der Waals surface area (Å²) in [6.07, 6.45) is 6.33. The van der Waals surface area contributed by atoms with Crippen molar-refractivity contribution in [1.82, 2.24) is 0 Å². The Morgan fingerprint density at radius 3 is 2.29 bits per heavy atom. The molecule has 0 atom stereocenters. The van der Waals surface area contributed by atoms with Crippen molar-refractivity contribution in [2.24, 2.45) is 0 Å². The maximum absolute atomic E-state index is 11.0. The molecule has 1 fully saturated rings. The first-order valence-corrected chi connectivity index (χ1v) is 9.14. The van der Waals surface area contributed by atoms with Gasteiger partial charge in [-0.3, -0.25) is 0 Å². The Morgan fingerprint density at radius 2 is 1.46 bits per heavy atom. The molecule has 0 saturated heterocycles. The summed E-state index contributed by atoms with van der Waals surface area (Å²) in [7, 11) is 0. The van der Waals surface area contributed by atoms with E-state index >= 15 is 0 Å². The van der Waals surface area contributed by atoms with E-state index in [2.05, 4.69) is 49.4 Å². The average Bonchev–Trinajstić information content (AvgIpc) is 2.63. The highest BCUT2D eigenvalue weighted by molar-refractivity contribution is 6.24. The van der Waals surface area contributed by atoms with E-state index in [1.54, 1.807) is 0 Å². The van der Waals surface area contributed by atoms with Crippen LogP contribution < -0.4 is 0 Å². The highest BCUT2D eigenvalue weighted by atomic mass is 16.3. The zero-order valence-corrected chi connectivity index (χ0v) is 14.1. The van der Waals surface area contributed by atoms with Gasteiger partial charge in [-0.15, -0.1) is 0 Å². The second-order valence-electron chi connectivity index (χ2n) is 7.45. The van der Waals surface area contributed by atoms with Gasteiger partial charge in [-0.25, -0.2) is 0 Å². The Balaban J connectivity index is 1.88. The Morgan fingerprint density at radius 1 is 0.792 bits per heavy atom. The van der Waals surface area contributed by atoms with Crippen molar-refractivity contribution in [1.29, 1.82) is 0 Å². The zero-order valence-electron chi connectivity index (χ0n) is 14.1. The Hall–Kier alpha value is -2.28. The fourth-order valence-electron chi connectivity index (χ4n) is 4.75. The van der Waals surface area contributed by atoms with Gasteiger partial charge in [0.15, 0.2) is 0 Å². The lowest BCUT2D eigenvalue weighted by Crippen LogP contribution is -2.05. The van der Waals surface area contributed by atoms with Gasteiger partial charge in [0.2, 0.25) is 0 Å². The molecule has 0 spiro atoms. The lowest BCUT2D eigenvalue weighted by molar-refractivity contribution is 0.417. The van der Waals surface area contributed by atoms with Crippen molar-refractivity contribution in [2.75, 3.05) is 0 Å².